The van der Waals surface area contributed by atoms with Crippen LogP contribution in [-0.4, -0.2) is 23.8 Å². The Morgan fingerprint density at radius 1 is 1.19 bits per heavy atom. The molecule has 0 aliphatic heterocycles. The molecule has 3 aromatic rings. The van der Waals surface area contributed by atoms with Gasteiger partial charge in [-0.3, -0.25) is 4.79 Å². The zero-order valence-corrected chi connectivity index (χ0v) is 16.3. The fourth-order valence-electron chi connectivity index (χ4n) is 2.45. The van der Waals surface area contributed by atoms with Crippen molar-refractivity contribution in [2.24, 2.45) is 0 Å². The SMILES string of the molecule is COc1ccc(C(C)=O)cc1COC(=O)c1csc(-c2cccc(Cl)c2)n1. The number of halogens is 1. The predicted octanol–water partition coefficient (Wildman–Crippen LogP) is 5.03. The van der Waals surface area contributed by atoms with Gasteiger partial charge in [-0.25, -0.2) is 9.78 Å². The minimum atomic E-state index is -0.546. The molecule has 0 radical (unpaired) electrons. The first-order valence-corrected chi connectivity index (χ1v) is 9.30. The zero-order chi connectivity index (χ0) is 19.4. The lowest BCUT2D eigenvalue weighted by atomic mass is 10.1. The van der Waals surface area contributed by atoms with Crippen LogP contribution in [0.1, 0.15) is 33.3 Å². The molecule has 0 unspecified atom stereocenters. The van der Waals surface area contributed by atoms with Crippen LogP contribution in [-0.2, 0) is 11.3 Å². The molecule has 0 N–H and O–H groups in total. The fraction of sp³-hybridized carbons (Fsp3) is 0.150. The molecule has 1 aromatic heterocycles. The summed E-state index contributed by atoms with van der Waals surface area (Å²) in [7, 11) is 1.52. The van der Waals surface area contributed by atoms with Gasteiger partial charge in [0.1, 0.15) is 17.4 Å². The third kappa shape index (κ3) is 4.53. The zero-order valence-electron chi connectivity index (χ0n) is 14.7. The van der Waals surface area contributed by atoms with E-state index in [-0.39, 0.29) is 18.1 Å². The number of aromatic nitrogens is 1. The third-order valence-electron chi connectivity index (χ3n) is 3.83. The van der Waals surface area contributed by atoms with Crippen molar-refractivity contribution in [2.45, 2.75) is 13.5 Å². The summed E-state index contributed by atoms with van der Waals surface area (Å²) >= 11 is 7.33. The molecule has 138 valence electrons. The molecule has 0 atom stereocenters. The standard InChI is InChI=1S/C20H16ClNO4S/c1-12(23)13-6-7-18(25-2)15(8-13)10-26-20(24)17-11-27-19(22-17)14-4-3-5-16(21)9-14/h3-9,11H,10H2,1-2H3. The van der Waals surface area contributed by atoms with Gasteiger partial charge in [0.2, 0.25) is 0 Å². The lowest BCUT2D eigenvalue weighted by Crippen LogP contribution is -2.07. The van der Waals surface area contributed by atoms with E-state index in [0.29, 0.717) is 26.9 Å². The van der Waals surface area contributed by atoms with Crippen LogP contribution < -0.4 is 4.74 Å². The van der Waals surface area contributed by atoms with Gasteiger partial charge in [-0.15, -0.1) is 11.3 Å². The first-order valence-electron chi connectivity index (χ1n) is 8.04. The average molecular weight is 402 g/mol. The van der Waals surface area contributed by atoms with Gasteiger partial charge in [-0.1, -0.05) is 23.7 Å². The molecule has 3 rings (SSSR count). The summed E-state index contributed by atoms with van der Waals surface area (Å²) in [6.45, 7) is 1.46. The van der Waals surface area contributed by atoms with Crippen LogP contribution in [0.15, 0.2) is 47.8 Å². The number of rotatable bonds is 6. The van der Waals surface area contributed by atoms with Crippen molar-refractivity contribution in [1.29, 1.82) is 0 Å². The maximum atomic E-state index is 12.3. The number of hydrogen-bond acceptors (Lipinski definition) is 6. The van der Waals surface area contributed by atoms with E-state index in [9.17, 15) is 9.59 Å². The predicted molar refractivity (Wildman–Crippen MR) is 105 cm³/mol. The van der Waals surface area contributed by atoms with E-state index in [1.807, 2.05) is 12.1 Å². The summed E-state index contributed by atoms with van der Waals surface area (Å²) in [5.74, 6) is -0.0728. The van der Waals surface area contributed by atoms with Crippen molar-refractivity contribution < 1.29 is 19.1 Å². The molecular weight excluding hydrogens is 386 g/mol. The summed E-state index contributed by atoms with van der Waals surface area (Å²) in [5, 5.41) is 2.92. The molecule has 0 amide bonds. The topological polar surface area (TPSA) is 65.5 Å². The van der Waals surface area contributed by atoms with Gasteiger partial charge >= 0.3 is 5.97 Å². The fourth-order valence-corrected chi connectivity index (χ4v) is 3.43. The Morgan fingerprint density at radius 3 is 2.70 bits per heavy atom. The summed E-state index contributed by atoms with van der Waals surface area (Å²) in [6.07, 6.45) is 0. The smallest absolute Gasteiger partial charge is 0.358 e. The molecule has 0 fully saturated rings. The number of carbonyl (C=O) groups is 2. The highest BCUT2D eigenvalue weighted by atomic mass is 35.5. The first-order chi connectivity index (χ1) is 13.0. The minimum Gasteiger partial charge on any atom is -0.496 e. The van der Waals surface area contributed by atoms with Crippen molar-refractivity contribution in [1.82, 2.24) is 4.98 Å². The maximum absolute atomic E-state index is 12.3. The van der Waals surface area contributed by atoms with Gasteiger partial charge in [0.15, 0.2) is 11.5 Å². The molecule has 27 heavy (non-hydrogen) atoms. The van der Waals surface area contributed by atoms with Crippen LogP contribution in [0, 0.1) is 0 Å². The van der Waals surface area contributed by atoms with Gasteiger partial charge in [-0.05, 0) is 37.3 Å². The monoisotopic (exact) mass is 401 g/mol. The summed E-state index contributed by atoms with van der Waals surface area (Å²) < 4.78 is 10.6. The molecule has 2 aromatic carbocycles. The van der Waals surface area contributed by atoms with E-state index < -0.39 is 5.97 Å². The van der Waals surface area contributed by atoms with Crippen LogP contribution in [0.25, 0.3) is 10.6 Å². The number of hydrogen-bond donors (Lipinski definition) is 0. The van der Waals surface area contributed by atoms with E-state index >= 15 is 0 Å². The Bertz CT molecular complexity index is 999. The highest BCUT2D eigenvalue weighted by molar-refractivity contribution is 7.13. The van der Waals surface area contributed by atoms with Gasteiger partial charge < -0.3 is 9.47 Å². The van der Waals surface area contributed by atoms with Crippen LogP contribution in [0.2, 0.25) is 5.02 Å². The molecule has 0 aliphatic rings. The number of Topliss-reactive ketones (excluding diaryl/α,β-unsaturated/α-hetero) is 1. The van der Waals surface area contributed by atoms with E-state index in [4.69, 9.17) is 21.1 Å². The first kappa shape index (κ1) is 19.1. The van der Waals surface area contributed by atoms with E-state index in [1.54, 1.807) is 35.7 Å². The Balaban J connectivity index is 1.73. The number of methoxy groups -OCH3 is 1. The highest BCUT2D eigenvalue weighted by Crippen LogP contribution is 2.27. The van der Waals surface area contributed by atoms with Crippen molar-refractivity contribution in [3.63, 3.8) is 0 Å². The second-order valence-corrected chi connectivity index (χ2v) is 7.00. The number of esters is 1. The summed E-state index contributed by atoms with van der Waals surface area (Å²) in [5.41, 5.74) is 2.20. The van der Waals surface area contributed by atoms with Crippen LogP contribution in [0.3, 0.4) is 0 Å². The molecule has 0 saturated carbocycles. The van der Waals surface area contributed by atoms with Gasteiger partial charge in [0.05, 0.1) is 7.11 Å². The molecular formula is C20H16ClNO4S. The molecule has 0 aliphatic carbocycles. The Labute approximate surface area is 165 Å². The number of thiazole rings is 1. The number of carbonyl (C=O) groups excluding carboxylic acids is 2. The van der Waals surface area contributed by atoms with Crippen molar-refractivity contribution in [2.75, 3.05) is 7.11 Å². The van der Waals surface area contributed by atoms with Crippen LogP contribution >= 0.6 is 22.9 Å². The lowest BCUT2D eigenvalue weighted by molar-refractivity contribution is 0.0464. The molecule has 0 spiro atoms. The molecule has 7 heteroatoms. The second kappa shape index (κ2) is 8.33. The highest BCUT2D eigenvalue weighted by Gasteiger charge is 2.15. The number of benzene rings is 2. The average Bonchev–Trinajstić information content (AvgIpc) is 3.16. The Hall–Kier alpha value is -2.70. The second-order valence-electron chi connectivity index (χ2n) is 5.71. The van der Waals surface area contributed by atoms with Crippen LogP contribution in [0.5, 0.6) is 5.75 Å². The normalized spacial score (nSPS) is 10.5. The largest absolute Gasteiger partial charge is 0.496 e. The van der Waals surface area contributed by atoms with Gasteiger partial charge in [0.25, 0.3) is 0 Å². The molecule has 1 heterocycles. The number of nitrogens with zero attached hydrogens (tertiary/aromatic N) is 1. The van der Waals surface area contributed by atoms with Crippen molar-refractivity contribution in [3.05, 3.63) is 69.7 Å². The third-order valence-corrected chi connectivity index (χ3v) is 4.96. The Morgan fingerprint density at radius 2 is 2.00 bits per heavy atom. The Kier molecular flexibility index (Phi) is 5.88. The van der Waals surface area contributed by atoms with Crippen LogP contribution in [0.4, 0.5) is 0 Å². The van der Waals surface area contributed by atoms with E-state index in [1.165, 1.54) is 25.4 Å². The summed E-state index contributed by atoms with van der Waals surface area (Å²) in [4.78, 5) is 28.2. The maximum Gasteiger partial charge on any atom is 0.358 e. The lowest BCUT2D eigenvalue weighted by Gasteiger charge is -2.10. The minimum absolute atomic E-state index is 0.0207. The number of ether oxygens (including phenoxy) is 2. The van der Waals surface area contributed by atoms with Gasteiger partial charge in [-0.2, -0.15) is 0 Å². The molecule has 0 bridgehead atoms. The molecule has 0 saturated heterocycles. The summed E-state index contributed by atoms with van der Waals surface area (Å²) in [6, 6.07) is 12.3. The van der Waals surface area contributed by atoms with E-state index in [2.05, 4.69) is 4.98 Å². The quantitative estimate of drug-likeness (QED) is 0.428. The van der Waals surface area contributed by atoms with Crippen molar-refractivity contribution >= 4 is 34.7 Å². The van der Waals surface area contributed by atoms with Crippen molar-refractivity contribution in [3.8, 4) is 16.3 Å². The molecule has 5 nitrogen and oxygen atoms in total. The van der Waals surface area contributed by atoms with E-state index in [0.717, 1.165) is 5.56 Å². The van der Waals surface area contributed by atoms with Gasteiger partial charge in [0, 0.05) is 27.1 Å². The number of ketones is 1.